The number of rotatable bonds is 4. The third kappa shape index (κ3) is 3.66. The maximum absolute atomic E-state index is 10.8. The van der Waals surface area contributed by atoms with E-state index in [0.29, 0.717) is 0 Å². The van der Waals surface area contributed by atoms with Crippen LogP contribution >= 0.6 is 0 Å². The largest absolute Gasteiger partial charge is 0.343 e. The third-order valence-corrected chi connectivity index (χ3v) is 3.95. The summed E-state index contributed by atoms with van der Waals surface area (Å²) in [6.45, 7) is 6.10. The van der Waals surface area contributed by atoms with Crippen LogP contribution < -0.4 is 0 Å². The van der Waals surface area contributed by atoms with E-state index in [9.17, 15) is 4.79 Å². The quantitative estimate of drug-likeness (QED) is 0.577. The first-order valence-corrected chi connectivity index (χ1v) is 7.05. The van der Waals surface area contributed by atoms with Gasteiger partial charge in [0.2, 0.25) is 6.41 Å². The predicted octanol–water partition coefficient (Wildman–Crippen LogP) is -1.58. The van der Waals surface area contributed by atoms with Crippen LogP contribution in [0.15, 0.2) is 0 Å². The Bertz CT molecular complexity index is 301. The normalized spacial score (nSPS) is 24.8. The number of piperazine rings is 1. The van der Waals surface area contributed by atoms with E-state index >= 15 is 0 Å². The molecule has 20 heavy (non-hydrogen) atoms. The maximum atomic E-state index is 10.8. The number of carbonyl (C=O) groups excluding carboxylic acids is 1. The Labute approximate surface area is 121 Å². The Morgan fingerprint density at radius 3 is 1.65 bits per heavy atom. The van der Waals surface area contributed by atoms with Crippen LogP contribution in [0.3, 0.4) is 0 Å². The molecule has 0 unspecified atom stereocenters. The summed E-state index contributed by atoms with van der Waals surface area (Å²) < 4.78 is 0. The van der Waals surface area contributed by atoms with Gasteiger partial charge in [0.25, 0.3) is 0 Å². The average Bonchev–Trinajstić information content (AvgIpc) is 2.46. The van der Waals surface area contributed by atoms with E-state index in [2.05, 4.69) is 58.2 Å². The van der Waals surface area contributed by atoms with Gasteiger partial charge in [-0.05, 0) is 0 Å². The van der Waals surface area contributed by atoms with Crippen molar-refractivity contribution >= 4 is 6.41 Å². The lowest BCUT2D eigenvalue weighted by Crippen LogP contribution is -2.66. The Morgan fingerprint density at radius 2 is 1.25 bits per heavy atom. The molecular formula is C12H27N7O. The lowest BCUT2D eigenvalue weighted by atomic mass is 10.4. The van der Waals surface area contributed by atoms with Crippen LogP contribution in [-0.2, 0) is 4.79 Å². The van der Waals surface area contributed by atoms with Gasteiger partial charge in [0.05, 0.1) is 20.0 Å². The van der Waals surface area contributed by atoms with E-state index in [0.717, 1.165) is 52.6 Å². The number of hydrazine groups is 3. The fourth-order valence-corrected chi connectivity index (χ4v) is 2.48. The SMILES string of the molecule is CN(C)N1CN(N(C)C)CN(N2CCN(C=O)CC2)C1. The van der Waals surface area contributed by atoms with Crippen LogP contribution in [-0.4, -0.2) is 116 Å². The second-order valence-electron chi connectivity index (χ2n) is 5.73. The molecule has 2 aliphatic heterocycles. The number of amides is 1. The topological polar surface area (TPSA) is 39.8 Å². The highest BCUT2D eigenvalue weighted by atomic mass is 16.1. The number of hydrogen-bond acceptors (Lipinski definition) is 7. The minimum atomic E-state index is 0.809. The van der Waals surface area contributed by atoms with Crippen molar-refractivity contribution < 1.29 is 4.79 Å². The van der Waals surface area contributed by atoms with Gasteiger partial charge in [-0.3, -0.25) is 4.79 Å². The standard InChI is InChI=1S/C12H27N7O/c1-13(2)17-9-18(14(3)4)11-19(10-17)16-7-5-15(12-20)6-8-16/h12H,5-11H2,1-4H3. The molecular weight excluding hydrogens is 258 g/mol. The van der Waals surface area contributed by atoms with Gasteiger partial charge in [0.15, 0.2) is 0 Å². The molecule has 2 aliphatic rings. The first-order chi connectivity index (χ1) is 9.51. The maximum Gasteiger partial charge on any atom is 0.209 e. The van der Waals surface area contributed by atoms with Crippen LogP contribution in [0.5, 0.6) is 0 Å². The Kier molecular flexibility index (Phi) is 5.30. The molecule has 0 bridgehead atoms. The van der Waals surface area contributed by atoms with E-state index in [1.54, 1.807) is 0 Å². The molecule has 0 aromatic heterocycles. The van der Waals surface area contributed by atoms with E-state index in [-0.39, 0.29) is 0 Å². The molecule has 0 aromatic rings. The summed E-state index contributed by atoms with van der Waals surface area (Å²) >= 11 is 0. The van der Waals surface area contributed by atoms with Crippen LogP contribution in [0.2, 0.25) is 0 Å². The van der Waals surface area contributed by atoms with E-state index < -0.39 is 0 Å². The summed E-state index contributed by atoms with van der Waals surface area (Å²) in [4.78, 5) is 12.6. The molecule has 0 saturated carbocycles. The lowest BCUT2D eigenvalue weighted by Gasteiger charge is -2.50. The van der Waals surface area contributed by atoms with Gasteiger partial charge in [0, 0.05) is 54.4 Å². The minimum absolute atomic E-state index is 0.809. The molecule has 2 heterocycles. The average molecular weight is 285 g/mol. The molecule has 8 heteroatoms. The minimum Gasteiger partial charge on any atom is -0.343 e. The van der Waals surface area contributed by atoms with Crippen LogP contribution in [0.4, 0.5) is 0 Å². The first kappa shape index (κ1) is 15.6. The number of carbonyl (C=O) groups is 1. The zero-order valence-electron chi connectivity index (χ0n) is 13.1. The van der Waals surface area contributed by atoms with Crippen molar-refractivity contribution in [2.45, 2.75) is 0 Å². The molecule has 0 atom stereocenters. The fraction of sp³-hybridized carbons (Fsp3) is 0.917. The van der Waals surface area contributed by atoms with Crippen molar-refractivity contribution in [2.75, 3.05) is 74.4 Å². The summed E-state index contributed by atoms with van der Waals surface area (Å²) in [5.74, 6) is 0. The second-order valence-corrected chi connectivity index (χ2v) is 5.73. The van der Waals surface area contributed by atoms with Gasteiger partial charge >= 0.3 is 0 Å². The highest BCUT2D eigenvalue weighted by Crippen LogP contribution is 2.13. The summed E-state index contributed by atoms with van der Waals surface area (Å²) in [6.07, 6.45) is 0.950. The summed E-state index contributed by atoms with van der Waals surface area (Å²) in [6, 6.07) is 0. The van der Waals surface area contributed by atoms with Crippen molar-refractivity contribution in [3.8, 4) is 0 Å². The van der Waals surface area contributed by atoms with Gasteiger partial charge in [-0.1, -0.05) is 0 Å². The molecule has 0 N–H and O–H groups in total. The first-order valence-electron chi connectivity index (χ1n) is 7.05. The second kappa shape index (κ2) is 6.79. The summed E-state index contributed by atoms with van der Waals surface area (Å²) in [5, 5.41) is 13.5. The number of nitrogens with zero attached hydrogens (tertiary/aromatic N) is 7. The van der Waals surface area contributed by atoms with E-state index in [4.69, 9.17) is 0 Å². The van der Waals surface area contributed by atoms with E-state index in [1.165, 1.54) is 0 Å². The van der Waals surface area contributed by atoms with Gasteiger partial charge < -0.3 is 4.90 Å². The van der Waals surface area contributed by atoms with Crippen molar-refractivity contribution in [1.29, 1.82) is 0 Å². The molecule has 2 saturated heterocycles. The fourth-order valence-electron chi connectivity index (χ4n) is 2.48. The summed E-state index contributed by atoms with van der Waals surface area (Å²) in [5.41, 5.74) is 0. The van der Waals surface area contributed by atoms with Gasteiger partial charge in [-0.15, -0.1) is 0 Å². The Hall–Kier alpha value is -0.770. The molecule has 0 spiro atoms. The Balaban J connectivity index is 1.97. The molecule has 0 aliphatic carbocycles. The van der Waals surface area contributed by atoms with Gasteiger partial charge in [0.1, 0.15) is 0 Å². The van der Waals surface area contributed by atoms with Crippen molar-refractivity contribution in [2.24, 2.45) is 0 Å². The molecule has 116 valence electrons. The lowest BCUT2D eigenvalue weighted by molar-refractivity contribution is -0.236. The highest BCUT2D eigenvalue weighted by molar-refractivity contribution is 5.47. The smallest absolute Gasteiger partial charge is 0.209 e. The monoisotopic (exact) mass is 285 g/mol. The van der Waals surface area contributed by atoms with Crippen molar-refractivity contribution in [1.82, 2.24) is 35.0 Å². The molecule has 2 fully saturated rings. The molecule has 1 amide bonds. The van der Waals surface area contributed by atoms with Crippen molar-refractivity contribution in [3.05, 3.63) is 0 Å². The number of hydrogen-bond donors (Lipinski definition) is 0. The van der Waals surface area contributed by atoms with Gasteiger partial charge in [-0.25, -0.2) is 30.1 Å². The van der Waals surface area contributed by atoms with Crippen molar-refractivity contribution in [3.63, 3.8) is 0 Å². The summed E-state index contributed by atoms with van der Waals surface area (Å²) in [7, 11) is 8.28. The third-order valence-electron chi connectivity index (χ3n) is 3.95. The molecule has 2 rings (SSSR count). The Morgan fingerprint density at radius 1 is 0.750 bits per heavy atom. The highest BCUT2D eigenvalue weighted by Gasteiger charge is 2.30. The van der Waals surface area contributed by atoms with Gasteiger partial charge in [-0.2, -0.15) is 0 Å². The zero-order chi connectivity index (χ0) is 14.7. The zero-order valence-corrected chi connectivity index (χ0v) is 13.1. The molecule has 0 radical (unpaired) electrons. The molecule has 8 nitrogen and oxygen atoms in total. The van der Waals surface area contributed by atoms with Crippen LogP contribution in [0, 0.1) is 0 Å². The predicted molar refractivity (Wildman–Crippen MR) is 76.7 cm³/mol. The van der Waals surface area contributed by atoms with Crippen LogP contribution in [0.25, 0.3) is 0 Å². The van der Waals surface area contributed by atoms with Crippen LogP contribution in [0.1, 0.15) is 0 Å². The molecule has 0 aromatic carbocycles. The van der Waals surface area contributed by atoms with E-state index in [1.807, 2.05) is 4.90 Å².